The number of carbonyl (C=O) groups excluding carboxylic acids is 1. The molecule has 1 saturated carbocycles. The van der Waals surface area contributed by atoms with Crippen molar-refractivity contribution < 1.29 is 14.3 Å². The summed E-state index contributed by atoms with van der Waals surface area (Å²) in [5.41, 5.74) is 1.02. The Kier molecular flexibility index (Phi) is 4.18. The molecule has 0 bridgehead atoms. The minimum absolute atomic E-state index is 0.229. The molecule has 3 nitrogen and oxygen atoms in total. The van der Waals surface area contributed by atoms with E-state index in [0.717, 1.165) is 28.6 Å². The summed E-state index contributed by atoms with van der Waals surface area (Å²) in [6.07, 6.45) is 2.63. The third kappa shape index (κ3) is 3.54. The molecular weight excluding hydrogens is 284 g/mol. The zero-order valence-corrected chi connectivity index (χ0v) is 11.3. The SMILES string of the molecule is COCOc1ccc(CC(=O)C2CC2)c(Br)c1. The first-order valence-corrected chi connectivity index (χ1v) is 6.43. The van der Waals surface area contributed by atoms with E-state index in [1.165, 1.54) is 0 Å². The number of carbonyl (C=O) groups is 1. The summed E-state index contributed by atoms with van der Waals surface area (Å²) in [5.74, 6) is 1.39. The number of halogens is 1. The molecule has 0 N–H and O–H groups in total. The Labute approximate surface area is 109 Å². The highest BCUT2D eigenvalue weighted by atomic mass is 79.9. The Morgan fingerprint density at radius 1 is 1.47 bits per heavy atom. The minimum atomic E-state index is 0.229. The van der Waals surface area contributed by atoms with Crippen LogP contribution in [-0.2, 0) is 16.0 Å². The fraction of sp³-hybridized carbons (Fsp3) is 0.462. The molecule has 1 aromatic carbocycles. The zero-order chi connectivity index (χ0) is 12.3. The van der Waals surface area contributed by atoms with Crippen molar-refractivity contribution in [3.05, 3.63) is 28.2 Å². The lowest BCUT2D eigenvalue weighted by Gasteiger charge is -2.08. The van der Waals surface area contributed by atoms with Crippen LogP contribution in [0.5, 0.6) is 5.75 Å². The third-order valence-electron chi connectivity index (χ3n) is 2.77. The minimum Gasteiger partial charge on any atom is -0.468 e. The van der Waals surface area contributed by atoms with Crippen molar-refractivity contribution in [2.75, 3.05) is 13.9 Å². The van der Waals surface area contributed by atoms with E-state index in [4.69, 9.17) is 9.47 Å². The van der Waals surface area contributed by atoms with Gasteiger partial charge in [-0.2, -0.15) is 0 Å². The molecule has 0 saturated heterocycles. The number of Topliss-reactive ketones (excluding diaryl/α,β-unsaturated/α-hetero) is 1. The Bertz CT molecular complexity index is 413. The summed E-state index contributed by atoms with van der Waals surface area (Å²) in [6, 6.07) is 5.66. The van der Waals surface area contributed by atoms with Crippen molar-refractivity contribution in [1.29, 1.82) is 0 Å². The molecule has 1 aromatic rings. The van der Waals surface area contributed by atoms with Gasteiger partial charge >= 0.3 is 0 Å². The second-order valence-electron chi connectivity index (χ2n) is 4.22. The lowest BCUT2D eigenvalue weighted by molar-refractivity contribution is -0.119. The molecule has 0 atom stereocenters. The van der Waals surface area contributed by atoms with Gasteiger partial charge in [0.15, 0.2) is 6.79 Å². The van der Waals surface area contributed by atoms with E-state index in [1.54, 1.807) is 7.11 Å². The fourth-order valence-electron chi connectivity index (χ4n) is 1.63. The monoisotopic (exact) mass is 298 g/mol. The van der Waals surface area contributed by atoms with E-state index in [-0.39, 0.29) is 6.79 Å². The lowest BCUT2D eigenvalue weighted by Crippen LogP contribution is -2.05. The second-order valence-corrected chi connectivity index (χ2v) is 5.08. The van der Waals surface area contributed by atoms with E-state index in [2.05, 4.69) is 15.9 Å². The van der Waals surface area contributed by atoms with Crippen LogP contribution in [0.2, 0.25) is 0 Å². The van der Waals surface area contributed by atoms with Crippen LogP contribution in [0, 0.1) is 5.92 Å². The molecule has 0 amide bonds. The topological polar surface area (TPSA) is 35.5 Å². The highest BCUT2D eigenvalue weighted by molar-refractivity contribution is 9.10. The third-order valence-corrected chi connectivity index (χ3v) is 3.50. The molecule has 0 spiro atoms. The molecular formula is C13H15BrO3. The van der Waals surface area contributed by atoms with E-state index in [9.17, 15) is 4.79 Å². The van der Waals surface area contributed by atoms with E-state index in [0.29, 0.717) is 18.1 Å². The summed E-state index contributed by atoms with van der Waals surface area (Å²) in [4.78, 5) is 11.7. The predicted octanol–water partition coefficient (Wildman–Crippen LogP) is 2.95. The standard InChI is InChI=1S/C13H15BrO3/c1-16-8-17-11-5-4-10(12(14)7-11)6-13(15)9-2-3-9/h4-5,7,9H,2-3,6,8H2,1H3. The van der Waals surface area contributed by atoms with Gasteiger partial charge in [0.25, 0.3) is 0 Å². The molecule has 0 aromatic heterocycles. The number of benzene rings is 1. The molecule has 2 rings (SSSR count). The van der Waals surface area contributed by atoms with Crippen LogP contribution in [0.15, 0.2) is 22.7 Å². The maximum atomic E-state index is 11.7. The van der Waals surface area contributed by atoms with Crippen molar-refractivity contribution in [2.24, 2.45) is 5.92 Å². The molecule has 17 heavy (non-hydrogen) atoms. The predicted molar refractivity (Wildman–Crippen MR) is 68.1 cm³/mol. The summed E-state index contributed by atoms with van der Waals surface area (Å²) >= 11 is 3.46. The zero-order valence-electron chi connectivity index (χ0n) is 9.74. The summed E-state index contributed by atoms with van der Waals surface area (Å²) < 4.78 is 11.1. The number of hydrogen-bond acceptors (Lipinski definition) is 3. The van der Waals surface area contributed by atoms with Gasteiger partial charge in [-0.1, -0.05) is 22.0 Å². The number of rotatable bonds is 6. The normalized spacial score (nSPS) is 14.7. The molecule has 1 aliphatic rings. The number of hydrogen-bond donors (Lipinski definition) is 0. The maximum Gasteiger partial charge on any atom is 0.188 e. The Hall–Kier alpha value is -0.870. The summed E-state index contributed by atoms with van der Waals surface area (Å²) in [6.45, 7) is 0.229. The van der Waals surface area contributed by atoms with Crippen LogP contribution in [0.4, 0.5) is 0 Å². The van der Waals surface area contributed by atoms with Gasteiger partial charge in [-0.15, -0.1) is 0 Å². The van der Waals surface area contributed by atoms with Crippen LogP contribution < -0.4 is 4.74 Å². The largest absolute Gasteiger partial charge is 0.468 e. The Morgan fingerprint density at radius 2 is 2.24 bits per heavy atom. The van der Waals surface area contributed by atoms with Crippen molar-refractivity contribution in [3.63, 3.8) is 0 Å². The lowest BCUT2D eigenvalue weighted by atomic mass is 10.1. The van der Waals surface area contributed by atoms with Crippen LogP contribution in [-0.4, -0.2) is 19.7 Å². The molecule has 0 unspecified atom stereocenters. The van der Waals surface area contributed by atoms with Gasteiger partial charge in [0.1, 0.15) is 11.5 Å². The number of ketones is 1. The van der Waals surface area contributed by atoms with Crippen molar-refractivity contribution in [3.8, 4) is 5.75 Å². The van der Waals surface area contributed by atoms with Crippen LogP contribution >= 0.6 is 15.9 Å². The molecule has 1 fully saturated rings. The highest BCUT2D eigenvalue weighted by Crippen LogP contribution is 2.32. The average Bonchev–Trinajstić information content (AvgIpc) is 3.13. The van der Waals surface area contributed by atoms with E-state index >= 15 is 0 Å². The number of methoxy groups -OCH3 is 1. The van der Waals surface area contributed by atoms with E-state index in [1.807, 2.05) is 18.2 Å². The molecule has 4 heteroatoms. The van der Waals surface area contributed by atoms with Crippen LogP contribution in [0.3, 0.4) is 0 Å². The van der Waals surface area contributed by atoms with Gasteiger partial charge in [0.05, 0.1) is 0 Å². The van der Waals surface area contributed by atoms with Crippen molar-refractivity contribution >= 4 is 21.7 Å². The second kappa shape index (κ2) is 5.65. The van der Waals surface area contributed by atoms with Gasteiger partial charge in [-0.25, -0.2) is 0 Å². The molecule has 0 radical (unpaired) electrons. The first-order chi connectivity index (χ1) is 8.20. The Balaban J connectivity index is 2.00. The van der Waals surface area contributed by atoms with Gasteiger partial charge < -0.3 is 9.47 Å². The van der Waals surface area contributed by atoms with Gasteiger partial charge in [-0.3, -0.25) is 4.79 Å². The van der Waals surface area contributed by atoms with E-state index < -0.39 is 0 Å². The average molecular weight is 299 g/mol. The summed E-state index contributed by atoms with van der Waals surface area (Å²) in [7, 11) is 1.58. The van der Waals surface area contributed by atoms with Gasteiger partial charge in [0.2, 0.25) is 0 Å². The first-order valence-electron chi connectivity index (χ1n) is 5.63. The van der Waals surface area contributed by atoms with Gasteiger partial charge in [0, 0.05) is 23.9 Å². The maximum absolute atomic E-state index is 11.7. The van der Waals surface area contributed by atoms with Gasteiger partial charge in [-0.05, 0) is 30.5 Å². The van der Waals surface area contributed by atoms with Crippen LogP contribution in [0.25, 0.3) is 0 Å². The smallest absolute Gasteiger partial charge is 0.188 e. The fourth-order valence-corrected chi connectivity index (χ4v) is 2.12. The van der Waals surface area contributed by atoms with Crippen LogP contribution in [0.1, 0.15) is 18.4 Å². The molecule has 0 heterocycles. The van der Waals surface area contributed by atoms with Crippen molar-refractivity contribution in [2.45, 2.75) is 19.3 Å². The van der Waals surface area contributed by atoms with Crippen molar-refractivity contribution in [1.82, 2.24) is 0 Å². The first kappa shape index (κ1) is 12.6. The quantitative estimate of drug-likeness (QED) is 0.758. The number of ether oxygens (including phenoxy) is 2. The highest BCUT2D eigenvalue weighted by Gasteiger charge is 2.29. The Morgan fingerprint density at radius 3 is 2.82 bits per heavy atom. The molecule has 1 aliphatic carbocycles. The molecule has 92 valence electrons. The molecule has 0 aliphatic heterocycles. The summed E-state index contributed by atoms with van der Waals surface area (Å²) in [5, 5.41) is 0.